The van der Waals surface area contributed by atoms with E-state index in [2.05, 4.69) is 40.2 Å². The van der Waals surface area contributed by atoms with E-state index in [1.54, 1.807) is 6.20 Å². The number of pyridine rings is 1. The van der Waals surface area contributed by atoms with E-state index in [9.17, 15) is 0 Å². The lowest BCUT2D eigenvalue weighted by atomic mass is 10.1. The monoisotopic (exact) mass is 282 g/mol. The Morgan fingerprint density at radius 3 is 2.76 bits per heavy atom. The lowest BCUT2D eigenvalue weighted by Gasteiger charge is -2.14. The van der Waals surface area contributed by atoms with Gasteiger partial charge in [0.05, 0.1) is 17.9 Å². The molecule has 0 fully saturated rings. The minimum atomic E-state index is 0.0893. The summed E-state index contributed by atoms with van der Waals surface area (Å²) in [5.74, 6) is 0.813. The van der Waals surface area contributed by atoms with Gasteiger partial charge in [0.15, 0.2) is 5.82 Å². The van der Waals surface area contributed by atoms with Crippen LogP contribution in [0, 0.1) is 6.92 Å². The number of nitrogens with zero attached hydrogens (tertiary/aromatic N) is 6. The summed E-state index contributed by atoms with van der Waals surface area (Å²) in [4.78, 5) is 8.77. The smallest absolute Gasteiger partial charge is 0.161 e. The number of aromatic nitrogens is 6. The van der Waals surface area contributed by atoms with E-state index in [0.29, 0.717) is 0 Å². The third-order valence-electron chi connectivity index (χ3n) is 3.54. The Labute approximate surface area is 123 Å². The number of hydrogen-bond acceptors (Lipinski definition) is 4. The van der Waals surface area contributed by atoms with Crippen molar-refractivity contribution < 1.29 is 0 Å². The van der Waals surface area contributed by atoms with Crippen LogP contribution in [0.4, 0.5) is 0 Å². The summed E-state index contributed by atoms with van der Waals surface area (Å²) in [5.41, 5.74) is 2.98. The Morgan fingerprint density at radius 2 is 2.10 bits per heavy atom. The fourth-order valence-electron chi connectivity index (χ4n) is 2.42. The summed E-state index contributed by atoms with van der Waals surface area (Å²) >= 11 is 0. The molecule has 3 rings (SSSR count). The molecule has 3 aromatic heterocycles. The Kier molecular flexibility index (Phi) is 3.51. The largest absolute Gasteiger partial charge is 0.333 e. The fraction of sp³-hybridized carbons (Fsp3) is 0.333. The predicted molar refractivity (Wildman–Crippen MR) is 79.6 cm³/mol. The minimum absolute atomic E-state index is 0.0893. The molecule has 6 nitrogen and oxygen atoms in total. The Bertz CT molecular complexity index is 742. The zero-order valence-corrected chi connectivity index (χ0v) is 12.4. The van der Waals surface area contributed by atoms with Crippen LogP contribution in [0.25, 0.3) is 11.5 Å². The third-order valence-corrected chi connectivity index (χ3v) is 3.54. The van der Waals surface area contributed by atoms with Crippen molar-refractivity contribution >= 4 is 0 Å². The summed E-state index contributed by atoms with van der Waals surface area (Å²) in [7, 11) is 1.95. The lowest BCUT2D eigenvalue weighted by Crippen LogP contribution is -2.12. The summed E-state index contributed by atoms with van der Waals surface area (Å²) < 4.78 is 3.80. The maximum Gasteiger partial charge on any atom is 0.161 e. The van der Waals surface area contributed by atoms with Crippen molar-refractivity contribution in [1.29, 1.82) is 0 Å². The Hall–Kier alpha value is -2.50. The Morgan fingerprint density at radius 1 is 1.24 bits per heavy atom. The van der Waals surface area contributed by atoms with Gasteiger partial charge in [-0.3, -0.25) is 4.98 Å². The summed E-state index contributed by atoms with van der Waals surface area (Å²) in [6.07, 6.45) is 8.33. The minimum Gasteiger partial charge on any atom is -0.333 e. The zero-order chi connectivity index (χ0) is 14.8. The van der Waals surface area contributed by atoms with E-state index in [4.69, 9.17) is 0 Å². The summed E-state index contributed by atoms with van der Waals surface area (Å²) in [6.45, 7) is 4.19. The van der Waals surface area contributed by atoms with Crippen LogP contribution >= 0.6 is 0 Å². The van der Waals surface area contributed by atoms with E-state index in [1.165, 1.54) is 5.56 Å². The van der Waals surface area contributed by atoms with Crippen molar-refractivity contribution in [2.75, 3.05) is 0 Å². The molecule has 108 valence electrons. The molecular formula is C15H18N6. The van der Waals surface area contributed by atoms with Crippen LogP contribution in [0.2, 0.25) is 0 Å². The van der Waals surface area contributed by atoms with Gasteiger partial charge >= 0.3 is 0 Å². The second-order valence-corrected chi connectivity index (χ2v) is 5.13. The molecule has 6 heteroatoms. The molecule has 0 bridgehead atoms. The molecule has 1 atom stereocenters. The highest BCUT2D eigenvalue weighted by atomic mass is 15.4. The van der Waals surface area contributed by atoms with Crippen LogP contribution < -0.4 is 0 Å². The van der Waals surface area contributed by atoms with Gasteiger partial charge in [0, 0.05) is 25.6 Å². The van der Waals surface area contributed by atoms with E-state index < -0.39 is 0 Å². The first-order valence-corrected chi connectivity index (χ1v) is 7.01. The summed E-state index contributed by atoms with van der Waals surface area (Å²) in [5, 5.41) is 8.50. The first-order valence-electron chi connectivity index (χ1n) is 7.01. The second-order valence-electron chi connectivity index (χ2n) is 5.13. The first-order chi connectivity index (χ1) is 10.2. The number of imidazole rings is 1. The van der Waals surface area contributed by atoms with Crippen molar-refractivity contribution in [3.05, 3.63) is 48.2 Å². The normalized spacial score (nSPS) is 12.5. The van der Waals surface area contributed by atoms with Gasteiger partial charge in [0.2, 0.25) is 0 Å². The van der Waals surface area contributed by atoms with Crippen molar-refractivity contribution in [3.63, 3.8) is 0 Å². The van der Waals surface area contributed by atoms with Crippen LogP contribution in [0.3, 0.4) is 0 Å². The third kappa shape index (κ3) is 2.56. The van der Waals surface area contributed by atoms with Gasteiger partial charge in [-0.25, -0.2) is 9.67 Å². The van der Waals surface area contributed by atoms with Crippen molar-refractivity contribution in [2.24, 2.45) is 7.05 Å². The maximum absolute atomic E-state index is 4.47. The average molecular weight is 282 g/mol. The highest BCUT2D eigenvalue weighted by Crippen LogP contribution is 2.22. The van der Waals surface area contributed by atoms with Crippen LogP contribution in [0.15, 0.2) is 36.9 Å². The van der Waals surface area contributed by atoms with Crippen LogP contribution in [-0.4, -0.2) is 29.5 Å². The second kappa shape index (κ2) is 5.47. The van der Waals surface area contributed by atoms with Crippen molar-refractivity contribution in [2.45, 2.75) is 26.3 Å². The molecule has 0 aliphatic carbocycles. The molecular weight excluding hydrogens is 264 g/mol. The van der Waals surface area contributed by atoms with Gasteiger partial charge in [-0.2, -0.15) is 0 Å². The van der Waals surface area contributed by atoms with Gasteiger partial charge in [0.1, 0.15) is 5.69 Å². The van der Waals surface area contributed by atoms with Crippen LogP contribution in [-0.2, 0) is 7.05 Å². The topological polar surface area (TPSA) is 61.4 Å². The molecule has 21 heavy (non-hydrogen) atoms. The molecule has 0 aliphatic heterocycles. The molecule has 0 saturated carbocycles. The highest BCUT2D eigenvalue weighted by molar-refractivity contribution is 5.47. The van der Waals surface area contributed by atoms with Crippen LogP contribution in [0.1, 0.15) is 30.6 Å². The quantitative estimate of drug-likeness (QED) is 0.737. The summed E-state index contributed by atoms with van der Waals surface area (Å²) in [6, 6.07) is 4.18. The molecule has 3 heterocycles. The van der Waals surface area contributed by atoms with E-state index >= 15 is 0 Å². The molecule has 0 radical (unpaired) electrons. The lowest BCUT2D eigenvalue weighted by molar-refractivity contribution is 0.482. The predicted octanol–water partition coefficient (Wildman–Crippen LogP) is 2.38. The zero-order valence-electron chi connectivity index (χ0n) is 12.4. The SMILES string of the molecule is CC[C@@H](c1cc(C)ccn1)n1cc(-c2nccn2C)nn1. The highest BCUT2D eigenvalue weighted by Gasteiger charge is 2.17. The maximum atomic E-state index is 4.47. The molecule has 0 amide bonds. The first kappa shape index (κ1) is 13.5. The molecule has 0 aliphatic rings. The average Bonchev–Trinajstić information content (AvgIpc) is 3.09. The Balaban J connectivity index is 1.96. The number of hydrogen-bond donors (Lipinski definition) is 0. The van der Waals surface area contributed by atoms with Gasteiger partial charge in [-0.15, -0.1) is 5.10 Å². The molecule has 0 spiro atoms. The standard InChI is InChI=1S/C15H18N6/c1-4-14(12-9-11(2)5-6-16-12)21-10-13(18-19-21)15-17-7-8-20(15)3/h5-10,14H,4H2,1-3H3/t14-/m0/s1. The van der Waals surface area contributed by atoms with Crippen LogP contribution in [0.5, 0.6) is 0 Å². The molecule has 0 aromatic carbocycles. The van der Waals surface area contributed by atoms with Gasteiger partial charge in [-0.1, -0.05) is 12.1 Å². The van der Waals surface area contributed by atoms with Crippen molar-refractivity contribution in [1.82, 2.24) is 29.5 Å². The van der Waals surface area contributed by atoms with E-state index in [0.717, 1.165) is 23.6 Å². The van der Waals surface area contributed by atoms with Gasteiger partial charge in [-0.05, 0) is 31.0 Å². The van der Waals surface area contributed by atoms with Crippen molar-refractivity contribution in [3.8, 4) is 11.5 Å². The van der Waals surface area contributed by atoms with Gasteiger partial charge < -0.3 is 4.57 Å². The fourth-order valence-corrected chi connectivity index (χ4v) is 2.42. The molecule has 0 saturated heterocycles. The van der Waals surface area contributed by atoms with Gasteiger partial charge in [0.25, 0.3) is 0 Å². The molecule has 0 N–H and O–H groups in total. The number of aryl methyl sites for hydroxylation is 2. The number of rotatable bonds is 4. The van der Waals surface area contributed by atoms with E-state index in [-0.39, 0.29) is 6.04 Å². The van der Waals surface area contributed by atoms with E-state index in [1.807, 2.05) is 41.0 Å². The molecule has 0 unspecified atom stereocenters. The molecule has 3 aromatic rings.